The lowest BCUT2D eigenvalue weighted by molar-refractivity contribution is -0.140. The molecule has 3 atom stereocenters. The van der Waals surface area contributed by atoms with Crippen LogP contribution in [0.2, 0.25) is 0 Å². The predicted octanol–water partition coefficient (Wildman–Crippen LogP) is 1.47. The highest BCUT2D eigenvalue weighted by atomic mass is 16.4. The van der Waals surface area contributed by atoms with Crippen LogP contribution in [-0.4, -0.2) is 17.6 Å². The Labute approximate surface area is 79.3 Å². The van der Waals surface area contributed by atoms with Crippen LogP contribution in [0.5, 0.6) is 0 Å². The Morgan fingerprint density at radius 3 is 2.54 bits per heavy atom. The Balaban J connectivity index is 2.74. The van der Waals surface area contributed by atoms with E-state index in [4.69, 9.17) is 10.8 Å². The van der Waals surface area contributed by atoms with Crippen LogP contribution < -0.4 is 5.73 Å². The topological polar surface area (TPSA) is 63.3 Å². The lowest BCUT2D eigenvalue weighted by Crippen LogP contribution is -2.35. The molecule has 0 aromatic heterocycles. The zero-order valence-corrected chi connectivity index (χ0v) is 8.42. The number of rotatable bonds is 3. The molecule has 1 fully saturated rings. The summed E-state index contributed by atoms with van der Waals surface area (Å²) in [6.07, 6.45) is 2.32. The molecule has 0 spiro atoms. The summed E-state index contributed by atoms with van der Waals surface area (Å²) < 4.78 is 0. The van der Waals surface area contributed by atoms with E-state index in [1.807, 2.05) is 0 Å². The molecule has 1 aliphatic carbocycles. The van der Waals surface area contributed by atoms with Gasteiger partial charge in [-0.15, -0.1) is 0 Å². The van der Waals surface area contributed by atoms with E-state index in [1.165, 1.54) is 0 Å². The van der Waals surface area contributed by atoms with Gasteiger partial charge in [-0.1, -0.05) is 13.8 Å². The second-order valence-electron chi connectivity index (χ2n) is 4.58. The van der Waals surface area contributed by atoms with Crippen molar-refractivity contribution in [3.8, 4) is 0 Å². The van der Waals surface area contributed by atoms with Crippen molar-refractivity contribution in [3.05, 3.63) is 0 Å². The molecule has 1 aliphatic rings. The Morgan fingerprint density at radius 2 is 2.23 bits per heavy atom. The fourth-order valence-corrected chi connectivity index (χ4v) is 2.74. The molecule has 3 nitrogen and oxygen atoms in total. The summed E-state index contributed by atoms with van der Waals surface area (Å²) in [6.45, 7) is 4.81. The smallest absolute Gasteiger partial charge is 0.303 e. The van der Waals surface area contributed by atoms with Crippen molar-refractivity contribution in [2.75, 3.05) is 6.54 Å². The number of hydrogen-bond acceptors (Lipinski definition) is 2. The first-order chi connectivity index (χ1) is 6.00. The van der Waals surface area contributed by atoms with Gasteiger partial charge in [-0.3, -0.25) is 4.79 Å². The van der Waals surface area contributed by atoms with Crippen molar-refractivity contribution in [2.45, 2.75) is 33.1 Å². The molecular weight excluding hydrogens is 166 g/mol. The normalized spacial score (nSPS) is 39.3. The number of carboxylic acid groups (broad SMARTS) is 1. The summed E-state index contributed by atoms with van der Waals surface area (Å²) in [5.74, 6) is 0.355. The van der Waals surface area contributed by atoms with E-state index < -0.39 is 5.97 Å². The van der Waals surface area contributed by atoms with Gasteiger partial charge in [-0.25, -0.2) is 0 Å². The third-order valence-corrected chi connectivity index (χ3v) is 3.47. The average molecular weight is 185 g/mol. The zero-order chi connectivity index (χ0) is 10.1. The van der Waals surface area contributed by atoms with Gasteiger partial charge in [0, 0.05) is 0 Å². The highest BCUT2D eigenvalue weighted by Gasteiger charge is 2.43. The molecule has 1 unspecified atom stereocenters. The first kappa shape index (κ1) is 10.5. The Kier molecular flexibility index (Phi) is 2.96. The van der Waals surface area contributed by atoms with E-state index in [0.29, 0.717) is 18.4 Å². The molecule has 13 heavy (non-hydrogen) atoms. The van der Waals surface area contributed by atoms with Crippen LogP contribution in [0.3, 0.4) is 0 Å². The summed E-state index contributed by atoms with van der Waals surface area (Å²) in [5.41, 5.74) is 5.57. The molecule has 1 rings (SSSR count). The third kappa shape index (κ3) is 2.02. The van der Waals surface area contributed by atoms with Crippen molar-refractivity contribution in [1.82, 2.24) is 0 Å². The van der Waals surface area contributed by atoms with Gasteiger partial charge in [0.05, 0.1) is 6.42 Å². The summed E-state index contributed by atoms with van der Waals surface area (Å²) in [7, 11) is 0. The Morgan fingerprint density at radius 1 is 1.62 bits per heavy atom. The number of hydrogen-bond donors (Lipinski definition) is 2. The number of carboxylic acids is 1. The first-order valence-corrected chi connectivity index (χ1v) is 4.92. The van der Waals surface area contributed by atoms with Crippen LogP contribution in [0, 0.1) is 17.3 Å². The predicted molar refractivity (Wildman–Crippen MR) is 51.3 cm³/mol. The second kappa shape index (κ2) is 3.66. The van der Waals surface area contributed by atoms with E-state index in [9.17, 15) is 4.79 Å². The molecule has 3 N–H and O–H groups in total. The maximum absolute atomic E-state index is 10.7. The highest BCUT2D eigenvalue weighted by molar-refractivity contribution is 5.67. The Hall–Kier alpha value is -0.570. The maximum Gasteiger partial charge on any atom is 0.303 e. The minimum absolute atomic E-state index is 0.134. The lowest BCUT2D eigenvalue weighted by atomic mass is 9.76. The molecule has 0 aromatic carbocycles. The minimum Gasteiger partial charge on any atom is -0.481 e. The van der Waals surface area contributed by atoms with Crippen LogP contribution in [0.25, 0.3) is 0 Å². The van der Waals surface area contributed by atoms with Crippen molar-refractivity contribution in [3.63, 3.8) is 0 Å². The molecular formula is C10H19NO2. The fourth-order valence-electron chi connectivity index (χ4n) is 2.74. The molecule has 76 valence electrons. The number of nitrogens with two attached hydrogens (primary N) is 1. The van der Waals surface area contributed by atoms with Gasteiger partial charge < -0.3 is 10.8 Å². The molecule has 0 radical (unpaired) electrons. The third-order valence-electron chi connectivity index (χ3n) is 3.47. The van der Waals surface area contributed by atoms with Gasteiger partial charge in [-0.05, 0) is 36.6 Å². The first-order valence-electron chi connectivity index (χ1n) is 4.92. The van der Waals surface area contributed by atoms with Gasteiger partial charge in [-0.2, -0.15) is 0 Å². The SMILES string of the molecule is CC1C[C@@H](C)[C@@](CN)(CC(=O)O)C1. The highest BCUT2D eigenvalue weighted by Crippen LogP contribution is 2.47. The monoisotopic (exact) mass is 185 g/mol. The van der Waals surface area contributed by atoms with Crippen LogP contribution in [-0.2, 0) is 4.79 Å². The van der Waals surface area contributed by atoms with E-state index in [-0.39, 0.29) is 11.8 Å². The largest absolute Gasteiger partial charge is 0.481 e. The number of aliphatic carboxylic acids is 1. The molecule has 0 saturated heterocycles. The standard InChI is InChI=1S/C10H19NO2/c1-7-3-8(2)10(4-7,6-11)5-9(12)13/h7-8H,3-6,11H2,1-2H3,(H,12,13)/t7?,8-,10-/m1/s1. The van der Waals surface area contributed by atoms with Crippen LogP contribution in [0.4, 0.5) is 0 Å². The van der Waals surface area contributed by atoms with E-state index in [1.54, 1.807) is 0 Å². The fraction of sp³-hybridized carbons (Fsp3) is 0.900. The summed E-state index contributed by atoms with van der Waals surface area (Å²) in [5, 5.41) is 8.82. The summed E-state index contributed by atoms with van der Waals surface area (Å²) in [6, 6.07) is 0. The van der Waals surface area contributed by atoms with Gasteiger partial charge in [0.25, 0.3) is 0 Å². The van der Waals surface area contributed by atoms with Crippen molar-refractivity contribution in [2.24, 2.45) is 23.0 Å². The van der Waals surface area contributed by atoms with Crippen LogP contribution in [0.15, 0.2) is 0 Å². The van der Waals surface area contributed by atoms with E-state index in [2.05, 4.69) is 13.8 Å². The molecule has 3 heteroatoms. The van der Waals surface area contributed by atoms with Crippen LogP contribution >= 0.6 is 0 Å². The van der Waals surface area contributed by atoms with Crippen molar-refractivity contribution in [1.29, 1.82) is 0 Å². The molecule has 0 amide bonds. The van der Waals surface area contributed by atoms with Crippen molar-refractivity contribution >= 4 is 5.97 Å². The molecule has 0 bridgehead atoms. The van der Waals surface area contributed by atoms with Crippen LogP contribution in [0.1, 0.15) is 33.1 Å². The van der Waals surface area contributed by atoms with Gasteiger partial charge in [0.15, 0.2) is 0 Å². The van der Waals surface area contributed by atoms with E-state index >= 15 is 0 Å². The summed E-state index contributed by atoms with van der Waals surface area (Å²) in [4.78, 5) is 10.7. The lowest BCUT2D eigenvalue weighted by Gasteiger charge is -2.30. The molecule has 1 saturated carbocycles. The number of carbonyl (C=O) groups is 1. The van der Waals surface area contributed by atoms with Gasteiger partial charge in [0.2, 0.25) is 0 Å². The summed E-state index contributed by atoms with van der Waals surface area (Å²) >= 11 is 0. The van der Waals surface area contributed by atoms with E-state index in [0.717, 1.165) is 12.8 Å². The average Bonchev–Trinajstić information content (AvgIpc) is 2.26. The van der Waals surface area contributed by atoms with Crippen molar-refractivity contribution < 1.29 is 9.90 Å². The van der Waals surface area contributed by atoms with Gasteiger partial charge in [0.1, 0.15) is 0 Å². The maximum atomic E-state index is 10.7. The minimum atomic E-state index is -0.716. The van der Waals surface area contributed by atoms with Gasteiger partial charge >= 0.3 is 5.97 Å². The quantitative estimate of drug-likeness (QED) is 0.700. The second-order valence-corrected chi connectivity index (χ2v) is 4.58. The zero-order valence-electron chi connectivity index (χ0n) is 8.42. The molecule has 0 heterocycles. The molecule has 0 aromatic rings. The molecule has 0 aliphatic heterocycles. The Bertz CT molecular complexity index is 205.